The molecule has 5 heteroatoms. The van der Waals surface area contributed by atoms with E-state index in [1.807, 2.05) is 57.1 Å². The molecule has 134 valence electrons. The molecule has 0 aliphatic heterocycles. The number of nitrogens with zero attached hydrogens (tertiary/aromatic N) is 1. The number of carbonyl (C=O) groups excluding carboxylic acids is 2. The van der Waals surface area contributed by atoms with Gasteiger partial charge in [-0.25, -0.2) is 0 Å². The molecule has 1 aromatic carbocycles. The number of rotatable bonds is 9. The standard InChI is InChI=1S/C19H29NO4/c1-7-13(2)18(14(3)21)24-19(22)17(20(4)5)12-15-8-10-16(23-6)11-9-15/h8-11,13,17-18H,7,12H2,1-6H3/t13-,17-,18-/m1/s1. The number of methoxy groups -OCH3 is 1. The first kappa shape index (κ1) is 20.2. The zero-order valence-electron chi connectivity index (χ0n) is 15.5. The van der Waals surface area contributed by atoms with Crippen molar-refractivity contribution in [2.24, 2.45) is 5.92 Å². The summed E-state index contributed by atoms with van der Waals surface area (Å²) in [5.74, 6) is 0.308. The van der Waals surface area contributed by atoms with Crippen molar-refractivity contribution in [2.45, 2.75) is 45.8 Å². The lowest BCUT2D eigenvalue weighted by atomic mass is 9.98. The summed E-state index contributed by atoms with van der Waals surface area (Å²) in [5, 5.41) is 0. The molecule has 0 amide bonds. The van der Waals surface area contributed by atoms with Gasteiger partial charge in [-0.15, -0.1) is 0 Å². The SMILES string of the molecule is CC[C@@H](C)[C@@H](OC(=O)[C@@H](Cc1ccc(OC)cc1)N(C)C)C(C)=O. The van der Waals surface area contributed by atoms with Crippen molar-refractivity contribution < 1.29 is 19.1 Å². The van der Waals surface area contributed by atoms with Crippen molar-refractivity contribution in [1.29, 1.82) is 0 Å². The maximum atomic E-state index is 12.6. The second-order valence-corrected chi connectivity index (χ2v) is 6.39. The van der Waals surface area contributed by atoms with Gasteiger partial charge in [0.1, 0.15) is 11.8 Å². The molecule has 0 unspecified atom stereocenters. The number of hydrogen-bond acceptors (Lipinski definition) is 5. The van der Waals surface area contributed by atoms with Crippen molar-refractivity contribution in [3.63, 3.8) is 0 Å². The predicted molar refractivity (Wildman–Crippen MR) is 94.2 cm³/mol. The van der Waals surface area contributed by atoms with Gasteiger partial charge in [0.15, 0.2) is 11.9 Å². The van der Waals surface area contributed by atoms with E-state index in [-0.39, 0.29) is 17.7 Å². The molecule has 0 aromatic heterocycles. The van der Waals surface area contributed by atoms with Crippen LogP contribution in [0.5, 0.6) is 5.75 Å². The predicted octanol–water partition coefficient (Wildman–Crippen LogP) is 2.71. The van der Waals surface area contributed by atoms with Crippen LogP contribution >= 0.6 is 0 Å². The number of hydrogen-bond donors (Lipinski definition) is 0. The fourth-order valence-electron chi connectivity index (χ4n) is 2.48. The van der Waals surface area contributed by atoms with Crippen LogP contribution in [0, 0.1) is 5.92 Å². The largest absolute Gasteiger partial charge is 0.497 e. The lowest BCUT2D eigenvalue weighted by molar-refractivity contribution is -0.162. The van der Waals surface area contributed by atoms with Gasteiger partial charge in [0.25, 0.3) is 0 Å². The topological polar surface area (TPSA) is 55.8 Å². The minimum atomic E-state index is -0.680. The fraction of sp³-hybridized carbons (Fsp3) is 0.579. The molecule has 0 bridgehead atoms. The van der Waals surface area contributed by atoms with E-state index in [1.54, 1.807) is 7.11 Å². The first-order chi connectivity index (χ1) is 11.3. The van der Waals surface area contributed by atoms with Gasteiger partial charge in [-0.2, -0.15) is 0 Å². The van der Waals surface area contributed by atoms with Gasteiger partial charge < -0.3 is 9.47 Å². The number of esters is 1. The number of ether oxygens (including phenoxy) is 2. The Hall–Kier alpha value is -1.88. The van der Waals surface area contributed by atoms with Gasteiger partial charge in [-0.3, -0.25) is 14.5 Å². The van der Waals surface area contributed by atoms with Gasteiger partial charge in [0, 0.05) is 5.92 Å². The van der Waals surface area contributed by atoms with Crippen LogP contribution in [-0.2, 0) is 20.7 Å². The monoisotopic (exact) mass is 335 g/mol. The average molecular weight is 335 g/mol. The van der Waals surface area contributed by atoms with Crippen LogP contribution in [0.3, 0.4) is 0 Å². The lowest BCUT2D eigenvalue weighted by Crippen LogP contribution is -2.43. The van der Waals surface area contributed by atoms with E-state index in [1.165, 1.54) is 6.92 Å². The van der Waals surface area contributed by atoms with Crippen LogP contribution in [0.1, 0.15) is 32.8 Å². The highest BCUT2D eigenvalue weighted by Crippen LogP contribution is 2.17. The second kappa shape index (κ2) is 9.42. The normalized spacial score (nSPS) is 14.8. The number of likely N-dealkylation sites (N-methyl/N-ethyl adjacent to an activating group) is 1. The summed E-state index contributed by atoms with van der Waals surface area (Å²) in [5.41, 5.74) is 1.01. The lowest BCUT2D eigenvalue weighted by Gasteiger charge is -2.27. The Morgan fingerprint density at radius 3 is 2.17 bits per heavy atom. The van der Waals surface area contributed by atoms with E-state index in [0.29, 0.717) is 6.42 Å². The van der Waals surface area contributed by atoms with Gasteiger partial charge in [0.2, 0.25) is 0 Å². The molecular weight excluding hydrogens is 306 g/mol. The van der Waals surface area contributed by atoms with Crippen LogP contribution in [0.25, 0.3) is 0 Å². The molecule has 0 spiro atoms. The Morgan fingerprint density at radius 1 is 1.17 bits per heavy atom. The Labute approximate surface area is 144 Å². The zero-order valence-corrected chi connectivity index (χ0v) is 15.5. The molecule has 3 atom stereocenters. The van der Waals surface area contributed by atoms with Gasteiger partial charge in [-0.05, 0) is 51.6 Å². The van der Waals surface area contributed by atoms with Crippen molar-refractivity contribution in [3.8, 4) is 5.75 Å². The van der Waals surface area contributed by atoms with Crippen molar-refractivity contribution >= 4 is 11.8 Å². The molecule has 5 nitrogen and oxygen atoms in total. The Bertz CT molecular complexity index is 539. The average Bonchev–Trinajstić information content (AvgIpc) is 2.56. The number of Topliss-reactive ketones (excluding diaryl/α,β-unsaturated/α-hetero) is 1. The summed E-state index contributed by atoms with van der Waals surface area (Å²) in [6, 6.07) is 7.15. The molecule has 1 aromatic rings. The Kier molecular flexibility index (Phi) is 7.92. The van der Waals surface area contributed by atoms with E-state index in [9.17, 15) is 9.59 Å². The number of carbonyl (C=O) groups is 2. The van der Waals surface area contributed by atoms with Gasteiger partial charge in [0.05, 0.1) is 7.11 Å². The third kappa shape index (κ3) is 5.64. The molecule has 0 aliphatic rings. The third-order valence-electron chi connectivity index (χ3n) is 4.29. The Morgan fingerprint density at radius 2 is 1.75 bits per heavy atom. The van der Waals surface area contributed by atoms with E-state index in [4.69, 9.17) is 9.47 Å². The number of benzene rings is 1. The van der Waals surface area contributed by atoms with Crippen molar-refractivity contribution in [1.82, 2.24) is 4.90 Å². The second-order valence-electron chi connectivity index (χ2n) is 6.39. The van der Waals surface area contributed by atoms with Crippen LogP contribution < -0.4 is 4.74 Å². The molecule has 0 N–H and O–H groups in total. The van der Waals surface area contributed by atoms with E-state index >= 15 is 0 Å². The minimum Gasteiger partial charge on any atom is -0.497 e. The molecule has 1 rings (SSSR count). The summed E-state index contributed by atoms with van der Waals surface area (Å²) in [6.45, 7) is 5.38. The quantitative estimate of drug-likeness (QED) is 0.650. The van der Waals surface area contributed by atoms with Crippen LogP contribution in [-0.4, -0.2) is 50.0 Å². The Balaban J connectivity index is 2.85. The number of ketones is 1. The molecule has 0 aliphatic carbocycles. The van der Waals surface area contributed by atoms with Gasteiger partial charge in [-0.1, -0.05) is 26.0 Å². The minimum absolute atomic E-state index is 0.00949. The summed E-state index contributed by atoms with van der Waals surface area (Å²) >= 11 is 0. The van der Waals surface area contributed by atoms with Crippen LogP contribution in [0.15, 0.2) is 24.3 Å². The molecular formula is C19H29NO4. The summed E-state index contributed by atoms with van der Waals surface area (Å²) < 4.78 is 10.7. The molecule has 24 heavy (non-hydrogen) atoms. The van der Waals surface area contributed by atoms with E-state index in [2.05, 4.69) is 0 Å². The van der Waals surface area contributed by atoms with Crippen molar-refractivity contribution in [2.75, 3.05) is 21.2 Å². The fourth-order valence-corrected chi connectivity index (χ4v) is 2.48. The molecule has 0 radical (unpaired) electrons. The summed E-state index contributed by atoms with van der Waals surface area (Å²) in [4.78, 5) is 26.2. The molecule has 0 saturated heterocycles. The van der Waals surface area contributed by atoms with Crippen molar-refractivity contribution in [3.05, 3.63) is 29.8 Å². The highest BCUT2D eigenvalue weighted by Gasteiger charge is 2.30. The van der Waals surface area contributed by atoms with Gasteiger partial charge >= 0.3 is 5.97 Å². The maximum Gasteiger partial charge on any atom is 0.324 e. The summed E-state index contributed by atoms with van der Waals surface area (Å²) in [7, 11) is 5.29. The van der Waals surface area contributed by atoms with E-state index < -0.39 is 12.1 Å². The first-order valence-electron chi connectivity index (χ1n) is 8.30. The smallest absolute Gasteiger partial charge is 0.324 e. The van der Waals surface area contributed by atoms with E-state index in [0.717, 1.165) is 17.7 Å². The molecule has 0 fully saturated rings. The van der Waals surface area contributed by atoms with Crippen LogP contribution in [0.2, 0.25) is 0 Å². The molecule has 0 saturated carbocycles. The molecule has 0 heterocycles. The van der Waals surface area contributed by atoms with Crippen LogP contribution in [0.4, 0.5) is 0 Å². The highest BCUT2D eigenvalue weighted by molar-refractivity contribution is 5.85. The highest BCUT2D eigenvalue weighted by atomic mass is 16.5. The third-order valence-corrected chi connectivity index (χ3v) is 4.29. The zero-order chi connectivity index (χ0) is 18.3. The maximum absolute atomic E-state index is 12.6. The summed E-state index contributed by atoms with van der Waals surface area (Å²) in [6.07, 6.45) is 0.615. The first-order valence-corrected chi connectivity index (χ1v) is 8.30.